The molecule has 1 N–H and O–H groups in total. The maximum Gasteiger partial charge on any atom is 0.301 e. The summed E-state index contributed by atoms with van der Waals surface area (Å²) in [6.07, 6.45) is 2.29. The first-order chi connectivity index (χ1) is 16.1. The fraction of sp³-hybridized carbons (Fsp3) is 0.458. The van der Waals surface area contributed by atoms with Crippen molar-refractivity contribution in [2.75, 3.05) is 11.9 Å². The molecule has 180 valence electrons. The number of aryl methyl sites for hydroxylation is 1. The van der Waals surface area contributed by atoms with Crippen LogP contribution >= 0.6 is 0 Å². The Morgan fingerprint density at radius 1 is 1.24 bits per heavy atom. The number of halogens is 4. The van der Waals surface area contributed by atoms with E-state index >= 15 is 4.39 Å². The molecule has 0 radical (unpaired) electrons. The number of nitrogens with zero attached hydrogens (tertiary/aromatic N) is 3. The average molecular weight is 476 g/mol. The summed E-state index contributed by atoms with van der Waals surface area (Å²) in [5.74, 6) is -5.08. The minimum absolute atomic E-state index is 0.00235. The highest BCUT2D eigenvalue weighted by molar-refractivity contribution is 5.88. The van der Waals surface area contributed by atoms with Gasteiger partial charge in [0.15, 0.2) is 0 Å². The number of alkyl halides is 2. The van der Waals surface area contributed by atoms with Crippen molar-refractivity contribution in [3.8, 4) is 0 Å². The molecule has 2 aliphatic rings. The van der Waals surface area contributed by atoms with Crippen LogP contribution in [0.2, 0.25) is 0 Å². The molecule has 1 unspecified atom stereocenters. The number of hydrogen-bond donors (Lipinski definition) is 1. The normalized spacial score (nSPS) is 19.5. The summed E-state index contributed by atoms with van der Waals surface area (Å²) < 4.78 is 66.3. The highest BCUT2D eigenvalue weighted by Crippen LogP contribution is 2.43. The monoisotopic (exact) mass is 476 g/mol. The molecule has 34 heavy (non-hydrogen) atoms. The van der Waals surface area contributed by atoms with E-state index in [9.17, 15) is 18.0 Å². The van der Waals surface area contributed by atoms with Gasteiger partial charge in [0.1, 0.15) is 29.1 Å². The largest absolute Gasteiger partial charge is 0.372 e. The van der Waals surface area contributed by atoms with Gasteiger partial charge in [0.25, 0.3) is 5.56 Å². The minimum atomic E-state index is -3.46. The maximum atomic E-state index is 15.1. The third-order valence-electron chi connectivity index (χ3n) is 6.70. The Morgan fingerprint density at radius 3 is 2.68 bits per heavy atom. The zero-order valence-electron chi connectivity index (χ0n) is 18.8. The third-order valence-corrected chi connectivity index (χ3v) is 6.70. The van der Waals surface area contributed by atoms with Crippen molar-refractivity contribution in [2.45, 2.75) is 63.6 Å². The lowest BCUT2D eigenvalue weighted by molar-refractivity contribution is -0.124. The van der Waals surface area contributed by atoms with Crippen LogP contribution in [0.25, 0.3) is 10.9 Å². The predicted molar refractivity (Wildman–Crippen MR) is 118 cm³/mol. The summed E-state index contributed by atoms with van der Waals surface area (Å²) in [6, 6.07) is 3.83. The van der Waals surface area contributed by atoms with Gasteiger partial charge >= 0.3 is 5.92 Å². The van der Waals surface area contributed by atoms with E-state index in [0.29, 0.717) is 6.42 Å². The van der Waals surface area contributed by atoms with Crippen molar-refractivity contribution in [1.82, 2.24) is 14.5 Å². The first-order valence-electron chi connectivity index (χ1n) is 11.2. The molecule has 0 bridgehead atoms. The number of fused-ring (bicyclic) bond motifs is 1. The molecule has 2 aromatic heterocycles. The summed E-state index contributed by atoms with van der Waals surface area (Å²) in [7, 11) is 0. The second-order valence-electron chi connectivity index (χ2n) is 9.25. The van der Waals surface area contributed by atoms with Crippen LogP contribution in [-0.2, 0) is 22.7 Å². The van der Waals surface area contributed by atoms with Gasteiger partial charge in [0, 0.05) is 30.5 Å². The number of pyridine rings is 1. The second kappa shape index (κ2) is 8.04. The molecule has 3 aromatic rings. The molecule has 1 aliphatic heterocycles. The van der Waals surface area contributed by atoms with Gasteiger partial charge < -0.3 is 14.6 Å². The van der Waals surface area contributed by atoms with E-state index in [2.05, 4.69) is 15.3 Å². The number of nitrogens with one attached hydrogen (secondary N) is 1. The first-order valence-corrected chi connectivity index (χ1v) is 11.2. The van der Waals surface area contributed by atoms with Gasteiger partial charge in [-0.1, -0.05) is 12.1 Å². The number of hydrogen-bond acceptors (Lipinski definition) is 5. The molecule has 1 atom stereocenters. The van der Waals surface area contributed by atoms with Crippen LogP contribution in [0, 0.1) is 18.6 Å². The Hall–Kier alpha value is -3.01. The molecule has 2 fully saturated rings. The standard InChI is InChI=1S/C24H24F4N4O2/c1-13-30-20-15(12-32(22(33)19(20)26)23(2)8-9-23)21(31-13)29-11-14-5-3-6-16(18(14)25)24(27,28)17-7-4-10-34-17/h3,5-6,12,17H,4,7-11H2,1-2H3,(H,29,30,31). The van der Waals surface area contributed by atoms with Crippen LogP contribution in [0.1, 0.15) is 49.6 Å². The molecule has 0 spiro atoms. The van der Waals surface area contributed by atoms with Gasteiger partial charge in [-0.3, -0.25) is 4.79 Å². The molecular formula is C24H24F4N4O2. The van der Waals surface area contributed by atoms with Gasteiger partial charge in [0.2, 0.25) is 5.82 Å². The Morgan fingerprint density at radius 2 is 2.00 bits per heavy atom. The highest BCUT2D eigenvalue weighted by Gasteiger charge is 2.46. The second-order valence-corrected chi connectivity index (χ2v) is 9.25. The van der Waals surface area contributed by atoms with Crippen LogP contribution < -0.4 is 10.9 Å². The lowest BCUT2D eigenvalue weighted by atomic mass is 9.98. The van der Waals surface area contributed by atoms with Crippen molar-refractivity contribution < 1.29 is 22.3 Å². The molecule has 10 heteroatoms. The molecule has 0 amide bonds. The number of aromatic nitrogens is 3. The lowest BCUT2D eigenvalue weighted by Crippen LogP contribution is -2.31. The van der Waals surface area contributed by atoms with Crippen LogP contribution in [0.4, 0.5) is 23.4 Å². The summed E-state index contributed by atoms with van der Waals surface area (Å²) in [4.78, 5) is 20.9. The zero-order valence-corrected chi connectivity index (χ0v) is 18.8. The number of ether oxygens (including phenoxy) is 1. The Kier molecular flexibility index (Phi) is 5.38. The topological polar surface area (TPSA) is 69.0 Å². The van der Waals surface area contributed by atoms with Crippen LogP contribution in [0.3, 0.4) is 0 Å². The molecule has 3 heterocycles. The summed E-state index contributed by atoms with van der Waals surface area (Å²) in [5.41, 5.74) is -2.08. The van der Waals surface area contributed by atoms with Crippen molar-refractivity contribution >= 4 is 16.7 Å². The van der Waals surface area contributed by atoms with Crippen molar-refractivity contribution in [3.63, 3.8) is 0 Å². The van der Waals surface area contributed by atoms with E-state index in [1.165, 1.54) is 22.9 Å². The first kappa shape index (κ1) is 22.8. The third kappa shape index (κ3) is 3.73. The number of rotatable bonds is 6. The van der Waals surface area contributed by atoms with Gasteiger partial charge in [-0.25, -0.2) is 14.4 Å². The van der Waals surface area contributed by atoms with Gasteiger partial charge in [-0.15, -0.1) is 0 Å². The summed E-state index contributed by atoms with van der Waals surface area (Å²) in [5, 5.41) is 3.19. The van der Waals surface area contributed by atoms with Crippen LogP contribution in [-0.4, -0.2) is 27.2 Å². The zero-order chi connectivity index (χ0) is 24.3. The molecule has 1 saturated heterocycles. The molecule has 6 nitrogen and oxygen atoms in total. The van der Waals surface area contributed by atoms with Crippen molar-refractivity contribution in [2.24, 2.45) is 0 Å². The molecule has 1 aromatic carbocycles. The molecular weight excluding hydrogens is 452 g/mol. The van der Waals surface area contributed by atoms with E-state index in [0.717, 1.165) is 18.9 Å². The molecule has 1 saturated carbocycles. The Bertz CT molecular complexity index is 1330. The quantitative estimate of drug-likeness (QED) is 0.519. The maximum absolute atomic E-state index is 15.1. The SMILES string of the molecule is Cc1nc(NCc2cccc(C(F)(F)C3CCCO3)c2F)c2cn(C3(C)CC3)c(=O)c(F)c2n1. The van der Waals surface area contributed by atoms with Crippen molar-refractivity contribution in [3.05, 3.63) is 63.3 Å². The van der Waals surface area contributed by atoms with E-state index in [-0.39, 0.29) is 47.7 Å². The summed E-state index contributed by atoms with van der Waals surface area (Å²) >= 11 is 0. The minimum Gasteiger partial charge on any atom is -0.372 e. The van der Waals surface area contributed by atoms with E-state index in [1.54, 1.807) is 6.92 Å². The Balaban J connectivity index is 1.50. The number of benzene rings is 1. The lowest BCUT2D eigenvalue weighted by Gasteiger charge is -2.24. The fourth-order valence-electron chi connectivity index (χ4n) is 4.41. The Labute approximate surface area is 193 Å². The van der Waals surface area contributed by atoms with Gasteiger partial charge in [0.05, 0.1) is 10.9 Å². The van der Waals surface area contributed by atoms with E-state index in [1.807, 2.05) is 6.92 Å². The smallest absolute Gasteiger partial charge is 0.301 e. The fourth-order valence-corrected chi connectivity index (χ4v) is 4.41. The average Bonchev–Trinajstić information content (AvgIpc) is 3.30. The van der Waals surface area contributed by atoms with Crippen molar-refractivity contribution in [1.29, 1.82) is 0 Å². The molecule has 1 aliphatic carbocycles. The van der Waals surface area contributed by atoms with Gasteiger partial charge in [-0.2, -0.15) is 13.2 Å². The van der Waals surface area contributed by atoms with Crippen LogP contribution in [0.15, 0.2) is 29.2 Å². The highest BCUT2D eigenvalue weighted by atomic mass is 19.3. The van der Waals surface area contributed by atoms with Gasteiger partial charge in [-0.05, 0) is 45.6 Å². The number of anilines is 1. The van der Waals surface area contributed by atoms with E-state index < -0.39 is 40.3 Å². The van der Waals surface area contributed by atoms with Crippen LogP contribution in [0.5, 0.6) is 0 Å². The summed E-state index contributed by atoms with van der Waals surface area (Å²) in [6.45, 7) is 3.45. The van der Waals surface area contributed by atoms with E-state index in [4.69, 9.17) is 4.74 Å². The molecule has 5 rings (SSSR count). The predicted octanol–water partition coefficient (Wildman–Crippen LogP) is 4.77.